The highest BCUT2D eigenvalue weighted by atomic mass is 32.3. The normalized spacial score (nSPS) is 14.7. The average Bonchev–Trinajstić information content (AvgIpc) is 1.35. The second-order valence-electron chi connectivity index (χ2n) is 0.799. The molecule has 0 saturated heterocycles. The summed E-state index contributed by atoms with van der Waals surface area (Å²) in [6.07, 6.45) is 0. The van der Waals surface area contributed by atoms with Gasteiger partial charge in [0, 0.05) is 0 Å². The summed E-state index contributed by atoms with van der Waals surface area (Å²) in [5.74, 6) is -0.479. The Hall–Kier alpha value is 0.190. The van der Waals surface area contributed by atoms with Crippen molar-refractivity contribution < 1.29 is 13.7 Å². The zero-order chi connectivity index (χ0) is 5.21. The largest absolute Gasteiger partial charge is 0.318 e. The fourth-order valence-corrected chi connectivity index (χ4v) is 0. The van der Waals surface area contributed by atoms with Gasteiger partial charge in [-0.15, -0.1) is 0 Å². The molecule has 6 heavy (non-hydrogen) atoms. The number of hydrogen-bond acceptors (Lipinski definition) is 4. The summed E-state index contributed by atoms with van der Waals surface area (Å²) in [6, 6.07) is 0. The molecular formula is CH7NO3S. The molecule has 0 aliphatic heterocycles. The predicted molar refractivity (Wildman–Crippen MR) is 24.5 cm³/mol. The fourth-order valence-electron chi connectivity index (χ4n) is 0. The SMILES string of the molecule is NCS(O)(O)O. The molecule has 0 atom stereocenters. The second kappa shape index (κ2) is 1.76. The van der Waals surface area contributed by atoms with Crippen molar-refractivity contribution in [3.05, 3.63) is 0 Å². The molecule has 40 valence electrons. The van der Waals surface area contributed by atoms with Crippen LogP contribution in [0.1, 0.15) is 0 Å². The Labute approximate surface area is 37.1 Å². The first kappa shape index (κ1) is 6.19. The lowest BCUT2D eigenvalue weighted by Gasteiger charge is -2.14. The Morgan fingerprint density at radius 3 is 1.50 bits per heavy atom. The molecule has 0 radical (unpaired) electrons. The zero-order valence-electron chi connectivity index (χ0n) is 3.03. The van der Waals surface area contributed by atoms with Gasteiger partial charge in [0.15, 0.2) is 0 Å². The monoisotopic (exact) mass is 113 g/mol. The first-order chi connectivity index (χ1) is 2.56. The van der Waals surface area contributed by atoms with Gasteiger partial charge in [0.05, 0.1) is 16.7 Å². The van der Waals surface area contributed by atoms with E-state index in [4.69, 9.17) is 13.7 Å². The lowest BCUT2D eigenvalue weighted by Crippen LogP contribution is -2.08. The molecule has 5 heteroatoms. The van der Waals surface area contributed by atoms with E-state index in [1.165, 1.54) is 0 Å². The highest BCUT2D eigenvalue weighted by Gasteiger charge is 2.04. The van der Waals surface area contributed by atoms with Crippen molar-refractivity contribution in [1.29, 1.82) is 0 Å². The van der Waals surface area contributed by atoms with Crippen LogP contribution in [0.2, 0.25) is 0 Å². The number of rotatable bonds is 1. The van der Waals surface area contributed by atoms with Crippen LogP contribution >= 0.6 is 10.9 Å². The Morgan fingerprint density at radius 1 is 1.33 bits per heavy atom. The van der Waals surface area contributed by atoms with Crippen LogP contribution in [0, 0.1) is 0 Å². The maximum absolute atomic E-state index is 7.90. The van der Waals surface area contributed by atoms with Crippen LogP contribution in [0.25, 0.3) is 0 Å². The second-order valence-corrected chi connectivity index (χ2v) is 2.40. The summed E-state index contributed by atoms with van der Waals surface area (Å²) >= 11 is 0. The highest BCUT2D eigenvalue weighted by Crippen LogP contribution is 2.28. The molecular weight excluding hydrogens is 106 g/mol. The molecule has 0 bridgehead atoms. The van der Waals surface area contributed by atoms with Crippen molar-refractivity contribution >= 4 is 10.9 Å². The van der Waals surface area contributed by atoms with Gasteiger partial charge in [0.2, 0.25) is 0 Å². The average molecular weight is 113 g/mol. The van der Waals surface area contributed by atoms with Crippen LogP contribution in [-0.4, -0.2) is 19.5 Å². The Morgan fingerprint density at radius 2 is 1.50 bits per heavy atom. The zero-order valence-corrected chi connectivity index (χ0v) is 3.85. The van der Waals surface area contributed by atoms with E-state index in [9.17, 15) is 0 Å². The van der Waals surface area contributed by atoms with Crippen molar-refractivity contribution in [3.8, 4) is 0 Å². The van der Waals surface area contributed by atoms with Gasteiger partial charge in [-0.3, -0.25) is 0 Å². The third-order valence-electron chi connectivity index (χ3n) is 0.224. The van der Waals surface area contributed by atoms with E-state index in [0.29, 0.717) is 0 Å². The molecule has 0 aliphatic rings. The maximum Gasteiger partial charge on any atom is 0.0948 e. The molecule has 0 fully saturated rings. The molecule has 0 aromatic rings. The molecule has 0 aromatic heterocycles. The molecule has 0 aromatic carbocycles. The predicted octanol–water partition coefficient (Wildman–Crippen LogP) is 0.126. The Balaban J connectivity index is 3.17. The molecule has 4 nitrogen and oxygen atoms in total. The van der Waals surface area contributed by atoms with Crippen LogP contribution in [0.3, 0.4) is 0 Å². The third kappa shape index (κ3) is 4.19. The van der Waals surface area contributed by atoms with E-state index in [1.54, 1.807) is 0 Å². The Kier molecular flexibility index (Phi) is 1.82. The molecule has 0 rings (SSSR count). The van der Waals surface area contributed by atoms with Gasteiger partial charge in [-0.25, -0.2) is 0 Å². The van der Waals surface area contributed by atoms with Crippen molar-refractivity contribution in [2.24, 2.45) is 5.73 Å². The molecule has 0 spiro atoms. The van der Waals surface area contributed by atoms with Gasteiger partial charge < -0.3 is 19.4 Å². The van der Waals surface area contributed by atoms with E-state index in [1.807, 2.05) is 0 Å². The van der Waals surface area contributed by atoms with Crippen molar-refractivity contribution in [2.45, 2.75) is 0 Å². The summed E-state index contributed by atoms with van der Waals surface area (Å²) in [4.78, 5) is 0. The van der Waals surface area contributed by atoms with Gasteiger partial charge in [-0.05, 0) is 0 Å². The van der Waals surface area contributed by atoms with E-state index in [-0.39, 0.29) is 0 Å². The van der Waals surface area contributed by atoms with Crippen LogP contribution < -0.4 is 5.73 Å². The van der Waals surface area contributed by atoms with Gasteiger partial charge in [-0.2, -0.15) is 0 Å². The van der Waals surface area contributed by atoms with Crippen molar-refractivity contribution in [3.63, 3.8) is 0 Å². The van der Waals surface area contributed by atoms with Crippen molar-refractivity contribution in [2.75, 3.05) is 5.88 Å². The fraction of sp³-hybridized carbons (Fsp3) is 1.00. The first-order valence-corrected chi connectivity index (χ1v) is 2.92. The minimum absolute atomic E-state index is 0.479. The van der Waals surface area contributed by atoms with Crippen LogP contribution in [-0.2, 0) is 0 Å². The maximum atomic E-state index is 7.90. The van der Waals surface area contributed by atoms with E-state index < -0.39 is 16.7 Å². The van der Waals surface area contributed by atoms with Crippen LogP contribution in [0.15, 0.2) is 0 Å². The summed E-state index contributed by atoms with van der Waals surface area (Å²) in [5, 5.41) is 0. The molecule has 0 heterocycles. The lowest BCUT2D eigenvalue weighted by molar-refractivity contribution is 0.376. The van der Waals surface area contributed by atoms with E-state index >= 15 is 0 Å². The molecule has 0 amide bonds. The van der Waals surface area contributed by atoms with E-state index in [0.717, 1.165) is 0 Å². The summed E-state index contributed by atoms with van der Waals surface area (Å²) in [5.41, 5.74) is 4.59. The standard InChI is InChI=1S/CH7NO3S/c2-1-6(3,4)5/h3-5H,1-2H2. The highest BCUT2D eigenvalue weighted by molar-refractivity contribution is 8.19. The van der Waals surface area contributed by atoms with Gasteiger partial charge in [-0.1, -0.05) is 0 Å². The van der Waals surface area contributed by atoms with Crippen LogP contribution in [0.5, 0.6) is 0 Å². The number of nitrogens with two attached hydrogens (primary N) is 1. The van der Waals surface area contributed by atoms with Crippen LogP contribution in [0.4, 0.5) is 0 Å². The quantitative estimate of drug-likeness (QED) is 0.389. The van der Waals surface area contributed by atoms with E-state index in [2.05, 4.69) is 5.73 Å². The minimum Gasteiger partial charge on any atom is -0.318 e. The summed E-state index contributed by atoms with van der Waals surface area (Å²) < 4.78 is 23.7. The summed E-state index contributed by atoms with van der Waals surface area (Å²) in [7, 11) is -3.38. The number of hydrogen-bond donors (Lipinski definition) is 4. The van der Waals surface area contributed by atoms with Gasteiger partial charge >= 0.3 is 0 Å². The smallest absolute Gasteiger partial charge is 0.0948 e. The molecule has 0 aliphatic carbocycles. The first-order valence-electron chi connectivity index (χ1n) is 1.24. The lowest BCUT2D eigenvalue weighted by atomic mass is 11.6. The Bertz CT molecular complexity index is 40.5. The van der Waals surface area contributed by atoms with Gasteiger partial charge in [0.25, 0.3) is 0 Å². The molecule has 0 saturated carbocycles. The van der Waals surface area contributed by atoms with Crippen molar-refractivity contribution in [1.82, 2.24) is 0 Å². The third-order valence-corrected chi connectivity index (χ3v) is 0.671. The minimum atomic E-state index is -3.38. The molecule has 5 N–H and O–H groups in total. The summed E-state index contributed by atoms with van der Waals surface area (Å²) in [6.45, 7) is 0. The molecule has 0 unspecified atom stereocenters. The topological polar surface area (TPSA) is 86.7 Å². The van der Waals surface area contributed by atoms with Gasteiger partial charge in [0.1, 0.15) is 0 Å².